The summed E-state index contributed by atoms with van der Waals surface area (Å²) in [6, 6.07) is 13.3. The number of nitrogens with one attached hydrogen (secondary N) is 1. The second-order valence-corrected chi connectivity index (χ2v) is 5.11. The average Bonchev–Trinajstić information content (AvgIpc) is 2.53. The first-order valence-corrected chi connectivity index (χ1v) is 7.26. The van der Waals surface area contributed by atoms with Gasteiger partial charge in [0, 0.05) is 18.7 Å². The van der Waals surface area contributed by atoms with Gasteiger partial charge in [-0.05, 0) is 42.2 Å². The molecule has 0 heterocycles. The molecular formula is C18H21NO3. The molecule has 0 aromatic heterocycles. The molecule has 2 aromatic carbocycles. The normalized spacial score (nSPS) is 10.3. The monoisotopic (exact) mass is 299 g/mol. The lowest BCUT2D eigenvalue weighted by molar-refractivity contribution is 0.0949. The van der Waals surface area contributed by atoms with Crippen molar-refractivity contribution in [3.05, 3.63) is 64.7 Å². The number of hydrogen-bond donors (Lipinski definition) is 2. The molecule has 116 valence electrons. The smallest absolute Gasteiger partial charge is 0.252 e. The van der Waals surface area contributed by atoms with Gasteiger partial charge < -0.3 is 15.2 Å². The number of aliphatic hydroxyl groups is 1. The van der Waals surface area contributed by atoms with Crippen LogP contribution in [-0.2, 0) is 13.0 Å². The number of carbonyl (C=O) groups is 1. The van der Waals surface area contributed by atoms with Gasteiger partial charge in [0.25, 0.3) is 5.91 Å². The predicted molar refractivity (Wildman–Crippen MR) is 86.1 cm³/mol. The van der Waals surface area contributed by atoms with Crippen LogP contribution in [-0.4, -0.2) is 24.7 Å². The van der Waals surface area contributed by atoms with Gasteiger partial charge in [-0.1, -0.05) is 30.3 Å². The van der Waals surface area contributed by atoms with Crippen molar-refractivity contribution in [2.45, 2.75) is 19.9 Å². The van der Waals surface area contributed by atoms with Gasteiger partial charge in [-0.3, -0.25) is 4.79 Å². The minimum absolute atomic E-state index is 0.0300. The lowest BCUT2D eigenvalue weighted by Gasteiger charge is -2.12. The number of ether oxygens (including phenoxy) is 1. The fourth-order valence-electron chi connectivity index (χ4n) is 2.40. The zero-order chi connectivity index (χ0) is 15.9. The molecule has 0 saturated carbocycles. The average molecular weight is 299 g/mol. The maximum absolute atomic E-state index is 12.4. The van der Waals surface area contributed by atoms with E-state index >= 15 is 0 Å². The Labute approximate surface area is 130 Å². The molecule has 2 aromatic rings. The first-order valence-electron chi connectivity index (χ1n) is 7.26. The van der Waals surface area contributed by atoms with Crippen LogP contribution in [0.1, 0.15) is 27.0 Å². The van der Waals surface area contributed by atoms with Gasteiger partial charge in [-0.25, -0.2) is 0 Å². The maximum Gasteiger partial charge on any atom is 0.252 e. The topological polar surface area (TPSA) is 58.6 Å². The van der Waals surface area contributed by atoms with Crippen molar-refractivity contribution in [1.82, 2.24) is 5.32 Å². The Hall–Kier alpha value is -2.33. The summed E-state index contributed by atoms with van der Waals surface area (Å²) in [5.74, 6) is 0.677. The summed E-state index contributed by atoms with van der Waals surface area (Å²) in [4.78, 5) is 12.4. The van der Waals surface area contributed by atoms with E-state index in [1.807, 2.05) is 49.4 Å². The van der Waals surface area contributed by atoms with Crippen LogP contribution in [0.3, 0.4) is 0 Å². The highest BCUT2D eigenvalue weighted by atomic mass is 16.5. The molecule has 2 N–H and O–H groups in total. The summed E-state index contributed by atoms with van der Waals surface area (Å²) in [5, 5.41) is 12.1. The fourth-order valence-corrected chi connectivity index (χ4v) is 2.40. The van der Waals surface area contributed by atoms with E-state index in [4.69, 9.17) is 9.84 Å². The lowest BCUT2D eigenvalue weighted by Crippen LogP contribution is -2.25. The van der Waals surface area contributed by atoms with Gasteiger partial charge in [-0.2, -0.15) is 0 Å². The quantitative estimate of drug-likeness (QED) is 0.861. The Balaban J connectivity index is 2.08. The Morgan fingerprint density at radius 1 is 1.18 bits per heavy atom. The second kappa shape index (κ2) is 7.61. The third-order valence-electron chi connectivity index (χ3n) is 3.58. The molecule has 0 spiro atoms. The van der Waals surface area contributed by atoms with Crippen molar-refractivity contribution in [3.8, 4) is 5.75 Å². The zero-order valence-electron chi connectivity index (χ0n) is 12.9. The molecule has 2 rings (SSSR count). The highest BCUT2D eigenvalue weighted by Crippen LogP contribution is 2.16. The predicted octanol–water partition coefficient (Wildman–Crippen LogP) is 2.47. The van der Waals surface area contributed by atoms with Crippen LogP contribution in [0.25, 0.3) is 0 Å². The summed E-state index contributed by atoms with van der Waals surface area (Å²) in [6.07, 6.45) is 0.479. The molecule has 0 radical (unpaired) electrons. The molecule has 22 heavy (non-hydrogen) atoms. The molecule has 1 amide bonds. The minimum atomic E-state index is -0.114. The highest BCUT2D eigenvalue weighted by Gasteiger charge is 2.13. The van der Waals surface area contributed by atoms with Crippen LogP contribution in [0.4, 0.5) is 0 Å². The van der Waals surface area contributed by atoms with Crippen molar-refractivity contribution < 1.29 is 14.6 Å². The van der Waals surface area contributed by atoms with Crippen molar-refractivity contribution in [3.63, 3.8) is 0 Å². The van der Waals surface area contributed by atoms with Gasteiger partial charge in [0.2, 0.25) is 0 Å². The van der Waals surface area contributed by atoms with Crippen molar-refractivity contribution in [2.75, 3.05) is 13.7 Å². The van der Waals surface area contributed by atoms with E-state index in [0.717, 1.165) is 22.4 Å². The van der Waals surface area contributed by atoms with Crippen molar-refractivity contribution in [2.24, 2.45) is 0 Å². The first kappa shape index (κ1) is 16.0. The molecule has 4 heteroatoms. The highest BCUT2D eigenvalue weighted by molar-refractivity contribution is 5.97. The largest absolute Gasteiger partial charge is 0.497 e. The van der Waals surface area contributed by atoms with E-state index in [1.165, 1.54) is 0 Å². The van der Waals surface area contributed by atoms with Gasteiger partial charge in [0.1, 0.15) is 5.75 Å². The van der Waals surface area contributed by atoms with Crippen LogP contribution in [0.2, 0.25) is 0 Å². The molecular weight excluding hydrogens is 278 g/mol. The second-order valence-electron chi connectivity index (χ2n) is 5.11. The summed E-state index contributed by atoms with van der Waals surface area (Å²) in [5.41, 5.74) is 3.45. The number of rotatable bonds is 6. The van der Waals surface area contributed by atoms with E-state index in [2.05, 4.69) is 5.32 Å². The Morgan fingerprint density at radius 2 is 1.91 bits per heavy atom. The van der Waals surface area contributed by atoms with E-state index in [1.54, 1.807) is 7.11 Å². The molecule has 0 atom stereocenters. The standard InChI is InChI=1S/C18H21NO3/c1-13-4-3-5-15(10-11-20)17(13)18(21)19-12-14-6-8-16(22-2)9-7-14/h3-9,20H,10-12H2,1-2H3,(H,19,21). The number of methoxy groups -OCH3 is 1. The fraction of sp³-hybridized carbons (Fsp3) is 0.278. The molecule has 0 aliphatic rings. The minimum Gasteiger partial charge on any atom is -0.497 e. The SMILES string of the molecule is COc1ccc(CNC(=O)c2c(C)cccc2CCO)cc1. The number of carbonyl (C=O) groups excluding carboxylic acids is 1. The molecule has 0 saturated heterocycles. The maximum atomic E-state index is 12.4. The molecule has 0 bridgehead atoms. The third kappa shape index (κ3) is 3.86. The zero-order valence-corrected chi connectivity index (χ0v) is 12.9. The van der Waals surface area contributed by atoms with Crippen LogP contribution >= 0.6 is 0 Å². The van der Waals surface area contributed by atoms with Crippen LogP contribution in [0, 0.1) is 6.92 Å². The van der Waals surface area contributed by atoms with Gasteiger partial charge in [0.05, 0.1) is 7.11 Å². The molecule has 0 unspecified atom stereocenters. The van der Waals surface area contributed by atoms with E-state index < -0.39 is 0 Å². The number of aliphatic hydroxyl groups excluding tert-OH is 1. The number of aryl methyl sites for hydroxylation is 1. The van der Waals surface area contributed by atoms with Crippen molar-refractivity contribution >= 4 is 5.91 Å². The van der Waals surface area contributed by atoms with E-state index in [9.17, 15) is 4.79 Å². The van der Waals surface area contributed by atoms with Gasteiger partial charge in [-0.15, -0.1) is 0 Å². The Kier molecular flexibility index (Phi) is 5.55. The molecule has 0 aliphatic carbocycles. The van der Waals surface area contributed by atoms with E-state index in [-0.39, 0.29) is 12.5 Å². The summed E-state index contributed by atoms with van der Waals surface area (Å²) < 4.78 is 5.11. The molecule has 0 fully saturated rings. The summed E-state index contributed by atoms with van der Waals surface area (Å²) >= 11 is 0. The molecule has 0 aliphatic heterocycles. The summed E-state index contributed by atoms with van der Waals surface area (Å²) in [6.45, 7) is 2.39. The van der Waals surface area contributed by atoms with E-state index in [0.29, 0.717) is 18.5 Å². The Bertz CT molecular complexity index is 635. The summed E-state index contributed by atoms with van der Waals surface area (Å²) in [7, 11) is 1.62. The number of benzene rings is 2. The van der Waals surface area contributed by atoms with Gasteiger partial charge in [0.15, 0.2) is 0 Å². The van der Waals surface area contributed by atoms with Crippen LogP contribution in [0.5, 0.6) is 5.75 Å². The number of hydrogen-bond acceptors (Lipinski definition) is 3. The lowest BCUT2D eigenvalue weighted by atomic mass is 9.99. The van der Waals surface area contributed by atoms with Crippen molar-refractivity contribution in [1.29, 1.82) is 0 Å². The first-order chi connectivity index (χ1) is 10.7. The van der Waals surface area contributed by atoms with Crippen LogP contribution < -0.4 is 10.1 Å². The van der Waals surface area contributed by atoms with Gasteiger partial charge >= 0.3 is 0 Å². The third-order valence-corrected chi connectivity index (χ3v) is 3.58. The Morgan fingerprint density at radius 3 is 2.55 bits per heavy atom. The van der Waals surface area contributed by atoms with Crippen LogP contribution in [0.15, 0.2) is 42.5 Å². The number of amides is 1. The molecule has 4 nitrogen and oxygen atoms in total.